The van der Waals surface area contributed by atoms with Crippen LogP contribution in [0.3, 0.4) is 0 Å². The van der Waals surface area contributed by atoms with Crippen molar-refractivity contribution in [3.8, 4) is 0 Å². The van der Waals surface area contributed by atoms with Gasteiger partial charge in [0, 0.05) is 24.3 Å². The quantitative estimate of drug-likeness (QED) is 0.416. The van der Waals surface area contributed by atoms with Crippen LogP contribution in [0.15, 0.2) is 36.3 Å². The number of aromatic amines is 1. The molecule has 2 radical (unpaired) electrons. The highest BCUT2D eigenvalue weighted by molar-refractivity contribution is 6.32. The van der Waals surface area contributed by atoms with E-state index in [1.54, 1.807) is 6.20 Å². The van der Waals surface area contributed by atoms with Crippen LogP contribution in [0.1, 0.15) is 49.1 Å². The number of hydrogen-bond donors (Lipinski definition) is 1. The first kappa shape index (κ1) is 18.0. The first-order chi connectivity index (χ1) is 14.1. The van der Waals surface area contributed by atoms with Crippen LogP contribution in [0.4, 0.5) is 5.69 Å². The number of carbonyl (C=O) groups excluding carboxylic acids is 1. The maximum atomic E-state index is 11.5. The van der Waals surface area contributed by atoms with Crippen LogP contribution in [0.25, 0.3) is 11.2 Å². The first-order valence-electron chi connectivity index (χ1n) is 10.1. The van der Waals surface area contributed by atoms with Crippen molar-refractivity contribution in [2.75, 3.05) is 11.4 Å². The van der Waals surface area contributed by atoms with Crippen molar-refractivity contribution in [3.05, 3.63) is 53.3 Å². The van der Waals surface area contributed by atoms with Crippen molar-refractivity contribution in [1.29, 1.82) is 0 Å². The fourth-order valence-electron chi connectivity index (χ4n) is 3.88. The van der Waals surface area contributed by atoms with E-state index in [2.05, 4.69) is 40.1 Å². The molecule has 1 fully saturated rings. The molecule has 29 heavy (non-hydrogen) atoms. The number of H-pyrrole nitrogens is 1. The lowest BCUT2D eigenvalue weighted by Crippen LogP contribution is -2.30. The van der Waals surface area contributed by atoms with Crippen LogP contribution in [0.5, 0.6) is 0 Å². The van der Waals surface area contributed by atoms with Crippen LogP contribution >= 0.6 is 0 Å². The fourth-order valence-corrected chi connectivity index (χ4v) is 3.88. The predicted octanol–water partition coefficient (Wildman–Crippen LogP) is 2.51. The number of nitrogens with zero attached hydrogens (tertiary/aromatic N) is 3. The zero-order valence-corrected chi connectivity index (χ0v) is 16.3. The summed E-state index contributed by atoms with van der Waals surface area (Å²) in [7, 11) is 5.82. The van der Waals surface area contributed by atoms with E-state index in [9.17, 15) is 4.79 Å². The van der Waals surface area contributed by atoms with E-state index >= 15 is 0 Å². The smallest absolute Gasteiger partial charge is 0.282 e. The molecule has 0 saturated heterocycles. The number of hydrogen-bond acceptors (Lipinski definition) is 5. The molecule has 1 saturated carbocycles. The molecule has 5 rings (SSSR count). The van der Waals surface area contributed by atoms with Crippen LogP contribution in [0, 0.1) is 0 Å². The van der Waals surface area contributed by atoms with Crippen LogP contribution in [0.2, 0.25) is 0 Å². The Hall–Kier alpha value is -3.05. The SMILES string of the molecule is [B]c1cnc2nc(C(C)c3ccc4c(c3)CCCN4C(=C=O)OC3CC3)[nH]c2c1. The van der Waals surface area contributed by atoms with E-state index < -0.39 is 0 Å². The molecule has 144 valence electrons. The summed E-state index contributed by atoms with van der Waals surface area (Å²) in [6.07, 6.45) is 5.76. The number of aryl methyl sites for hydroxylation is 1. The number of ether oxygens (including phenoxy) is 1. The van der Waals surface area contributed by atoms with Gasteiger partial charge in [-0.2, -0.15) is 0 Å². The minimum absolute atomic E-state index is 0.0786. The molecule has 6 nitrogen and oxygen atoms in total. The summed E-state index contributed by atoms with van der Waals surface area (Å²) >= 11 is 0. The Kier molecular flexibility index (Phi) is 4.40. The Balaban J connectivity index is 1.45. The first-order valence-corrected chi connectivity index (χ1v) is 10.1. The third kappa shape index (κ3) is 3.43. The van der Waals surface area contributed by atoms with E-state index in [-0.39, 0.29) is 12.0 Å². The van der Waals surface area contributed by atoms with Gasteiger partial charge in [-0.1, -0.05) is 24.5 Å². The van der Waals surface area contributed by atoms with Gasteiger partial charge in [-0.05, 0) is 48.9 Å². The number of pyridine rings is 1. The van der Waals surface area contributed by atoms with E-state index in [1.807, 2.05) is 16.9 Å². The molecule has 7 heteroatoms. The highest BCUT2D eigenvalue weighted by atomic mass is 16.5. The second kappa shape index (κ2) is 7.09. The maximum absolute atomic E-state index is 11.5. The summed E-state index contributed by atoms with van der Waals surface area (Å²) in [5, 5.41) is 0. The van der Waals surface area contributed by atoms with Crippen molar-refractivity contribution >= 4 is 36.1 Å². The van der Waals surface area contributed by atoms with Gasteiger partial charge in [0.25, 0.3) is 5.88 Å². The molecule has 1 unspecified atom stereocenters. The minimum Gasteiger partial charge on any atom is -0.467 e. The van der Waals surface area contributed by atoms with Crippen molar-refractivity contribution in [3.63, 3.8) is 0 Å². The highest BCUT2D eigenvalue weighted by Gasteiger charge is 2.30. The van der Waals surface area contributed by atoms with E-state index in [0.29, 0.717) is 17.0 Å². The molecule has 3 heterocycles. The molecular weight excluding hydrogens is 363 g/mol. The van der Waals surface area contributed by atoms with E-state index in [1.165, 1.54) is 5.56 Å². The number of aromatic nitrogens is 3. The van der Waals surface area contributed by atoms with Crippen molar-refractivity contribution in [1.82, 2.24) is 15.0 Å². The maximum Gasteiger partial charge on any atom is 0.282 e. The van der Waals surface area contributed by atoms with Gasteiger partial charge in [-0.25, -0.2) is 14.8 Å². The van der Waals surface area contributed by atoms with E-state index in [4.69, 9.17) is 12.6 Å². The summed E-state index contributed by atoms with van der Waals surface area (Å²) in [4.78, 5) is 25.7. The van der Waals surface area contributed by atoms with Gasteiger partial charge in [0.1, 0.15) is 19.8 Å². The standard InChI is InChI=1S/C22H21BN4O2/c1-13(21-25-18-10-16(23)11-24-22(18)26-21)14-4-7-19-15(9-14)3-2-8-27(19)20(12-28)29-17-5-6-17/h4,7,9-11,13,17H,2-3,5-6,8H2,1H3,(H,24,25,26). The van der Waals surface area contributed by atoms with Crippen molar-refractivity contribution < 1.29 is 9.53 Å². The van der Waals surface area contributed by atoms with Crippen LogP contribution in [-0.4, -0.2) is 41.4 Å². The van der Waals surface area contributed by atoms with Crippen molar-refractivity contribution in [2.24, 2.45) is 0 Å². The lowest BCUT2D eigenvalue weighted by molar-refractivity contribution is 0.191. The summed E-state index contributed by atoms with van der Waals surface area (Å²) in [5.74, 6) is 3.26. The Labute approximate surface area is 170 Å². The predicted molar refractivity (Wildman–Crippen MR) is 112 cm³/mol. The average molecular weight is 384 g/mol. The Morgan fingerprint density at radius 2 is 2.24 bits per heavy atom. The normalized spacial score (nSPS) is 16.9. The van der Waals surface area contributed by atoms with Gasteiger partial charge in [0.05, 0.1) is 5.52 Å². The molecule has 2 aromatic heterocycles. The van der Waals surface area contributed by atoms with E-state index in [0.717, 1.165) is 54.8 Å². The minimum atomic E-state index is 0.0786. The largest absolute Gasteiger partial charge is 0.467 e. The Morgan fingerprint density at radius 3 is 3.03 bits per heavy atom. The molecule has 0 amide bonds. The number of imidazole rings is 1. The number of rotatable bonds is 5. The van der Waals surface area contributed by atoms with Gasteiger partial charge in [-0.3, -0.25) is 0 Å². The highest BCUT2D eigenvalue weighted by Crippen LogP contribution is 2.35. The third-order valence-electron chi connectivity index (χ3n) is 5.64. The summed E-state index contributed by atoms with van der Waals surface area (Å²) in [5.41, 5.74) is 5.53. The average Bonchev–Trinajstić information content (AvgIpc) is 3.47. The Morgan fingerprint density at radius 1 is 1.38 bits per heavy atom. The lowest BCUT2D eigenvalue weighted by atomic mass is 9.93. The zero-order valence-electron chi connectivity index (χ0n) is 16.3. The molecule has 3 aromatic rings. The molecule has 0 spiro atoms. The third-order valence-corrected chi connectivity index (χ3v) is 5.64. The second-order valence-corrected chi connectivity index (χ2v) is 7.85. The van der Waals surface area contributed by atoms with Gasteiger partial charge >= 0.3 is 0 Å². The summed E-state index contributed by atoms with van der Waals surface area (Å²) in [6, 6.07) is 8.23. The summed E-state index contributed by atoms with van der Waals surface area (Å²) in [6.45, 7) is 2.90. The molecule has 1 aromatic carbocycles. The monoisotopic (exact) mass is 384 g/mol. The number of fused-ring (bicyclic) bond motifs is 2. The number of nitrogens with one attached hydrogen (secondary N) is 1. The van der Waals surface area contributed by atoms with Crippen molar-refractivity contribution in [2.45, 2.75) is 44.6 Å². The van der Waals surface area contributed by atoms with Gasteiger partial charge < -0.3 is 14.6 Å². The van der Waals surface area contributed by atoms with Gasteiger partial charge in [0.2, 0.25) is 0 Å². The second-order valence-electron chi connectivity index (χ2n) is 7.85. The molecule has 1 atom stereocenters. The fraction of sp³-hybridized carbons (Fsp3) is 0.364. The molecule has 1 N–H and O–H groups in total. The molecule has 2 aliphatic rings. The number of anilines is 1. The van der Waals surface area contributed by atoms with Crippen LogP contribution in [-0.2, 0) is 16.0 Å². The summed E-state index contributed by atoms with van der Waals surface area (Å²) < 4.78 is 5.78. The molecular formula is C22H21BN4O2. The molecule has 1 aliphatic carbocycles. The molecule has 0 bridgehead atoms. The number of benzene rings is 1. The van der Waals surface area contributed by atoms with Gasteiger partial charge in [-0.15, -0.1) is 0 Å². The molecule has 1 aliphatic heterocycles. The Bertz CT molecular complexity index is 1130. The zero-order chi connectivity index (χ0) is 20.0. The van der Waals surface area contributed by atoms with Gasteiger partial charge in [0.15, 0.2) is 11.6 Å². The topological polar surface area (TPSA) is 71.1 Å². The lowest BCUT2D eigenvalue weighted by Gasteiger charge is -2.31. The van der Waals surface area contributed by atoms with Crippen LogP contribution < -0.4 is 10.4 Å².